The lowest BCUT2D eigenvalue weighted by Gasteiger charge is -2.27. The van der Waals surface area contributed by atoms with Crippen LogP contribution < -0.4 is 5.56 Å². The second-order valence-electron chi connectivity index (χ2n) is 6.83. The van der Waals surface area contributed by atoms with Crippen molar-refractivity contribution in [3.05, 3.63) is 56.7 Å². The van der Waals surface area contributed by atoms with E-state index in [0.29, 0.717) is 17.0 Å². The van der Waals surface area contributed by atoms with Crippen molar-refractivity contribution in [1.29, 1.82) is 0 Å². The Morgan fingerprint density at radius 2 is 1.96 bits per heavy atom. The van der Waals surface area contributed by atoms with Crippen LogP contribution >= 0.6 is 23.1 Å². The summed E-state index contributed by atoms with van der Waals surface area (Å²) in [5.74, 6) is 1.12. The Morgan fingerprint density at radius 3 is 2.64 bits per heavy atom. The number of rotatable bonds is 6. The van der Waals surface area contributed by atoms with Gasteiger partial charge in [-0.05, 0) is 51.0 Å². The smallest absolute Gasteiger partial charge is 0.259 e. The Morgan fingerprint density at radius 1 is 1.29 bits per heavy atom. The summed E-state index contributed by atoms with van der Waals surface area (Å²) in [6, 6.07) is 3.80. The molecule has 0 saturated carbocycles. The fourth-order valence-electron chi connectivity index (χ4n) is 2.99. The molecule has 3 aromatic heterocycles. The van der Waals surface area contributed by atoms with Gasteiger partial charge in [-0.2, -0.15) is 0 Å². The van der Waals surface area contributed by atoms with Gasteiger partial charge in [-0.15, -0.1) is 23.1 Å². The number of aryl methyl sites for hydroxylation is 2. The molecule has 3 heterocycles. The van der Waals surface area contributed by atoms with E-state index in [0.717, 1.165) is 20.8 Å². The Hall–Kier alpha value is -2.19. The van der Waals surface area contributed by atoms with Crippen molar-refractivity contribution in [2.75, 3.05) is 7.05 Å². The highest BCUT2D eigenvalue weighted by molar-refractivity contribution is 7.99. The van der Waals surface area contributed by atoms with Crippen molar-refractivity contribution in [1.82, 2.24) is 19.9 Å². The van der Waals surface area contributed by atoms with E-state index in [9.17, 15) is 9.59 Å². The number of amides is 1. The molecule has 2 atom stereocenters. The van der Waals surface area contributed by atoms with Gasteiger partial charge in [0.1, 0.15) is 10.7 Å². The molecule has 1 N–H and O–H groups in total. The maximum Gasteiger partial charge on any atom is 0.259 e. The molecule has 6 nitrogen and oxygen atoms in total. The third-order valence-corrected chi connectivity index (χ3v) is 7.27. The van der Waals surface area contributed by atoms with Crippen molar-refractivity contribution in [3.8, 4) is 0 Å². The summed E-state index contributed by atoms with van der Waals surface area (Å²) in [4.78, 5) is 40.3. The molecule has 0 saturated heterocycles. The van der Waals surface area contributed by atoms with Crippen LogP contribution in [0.3, 0.4) is 0 Å². The van der Waals surface area contributed by atoms with Gasteiger partial charge in [-0.1, -0.05) is 0 Å². The van der Waals surface area contributed by atoms with Crippen LogP contribution in [0.5, 0.6) is 0 Å². The summed E-state index contributed by atoms with van der Waals surface area (Å²) in [5, 5.41) is 0.424. The van der Waals surface area contributed by atoms with Gasteiger partial charge in [0.2, 0.25) is 5.91 Å². The number of nitrogens with zero attached hydrogens (tertiary/aromatic N) is 3. The van der Waals surface area contributed by atoms with Gasteiger partial charge >= 0.3 is 0 Å². The SMILES string of the molecule is Cc1sc2nc(CSC(C)C(=O)N(C)C(C)c3ccncc3)[nH]c(=O)c2c1C. The average molecular weight is 417 g/mol. The fraction of sp³-hybridized carbons (Fsp3) is 0.400. The van der Waals surface area contributed by atoms with E-state index in [1.54, 1.807) is 17.3 Å². The Balaban J connectivity index is 1.68. The summed E-state index contributed by atoms with van der Waals surface area (Å²) in [5.41, 5.74) is 1.93. The quantitative estimate of drug-likeness (QED) is 0.660. The monoisotopic (exact) mass is 416 g/mol. The molecule has 28 heavy (non-hydrogen) atoms. The molecule has 2 unspecified atom stereocenters. The molecule has 8 heteroatoms. The lowest BCUT2D eigenvalue weighted by atomic mass is 10.1. The topological polar surface area (TPSA) is 79.0 Å². The molecule has 0 aliphatic heterocycles. The number of hydrogen-bond donors (Lipinski definition) is 1. The predicted octanol–water partition coefficient (Wildman–Crippen LogP) is 3.84. The van der Waals surface area contributed by atoms with Crippen LogP contribution in [0, 0.1) is 13.8 Å². The van der Waals surface area contributed by atoms with Gasteiger partial charge in [-0.25, -0.2) is 4.98 Å². The summed E-state index contributed by atoms with van der Waals surface area (Å²) < 4.78 is 0. The molecule has 3 aromatic rings. The molecule has 3 rings (SSSR count). The molecule has 0 aliphatic carbocycles. The van der Waals surface area contributed by atoms with Crippen molar-refractivity contribution >= 4 is 39.2 Å². The first-order valence-corrected chi connectivity index (χ1v) is 10.9. The molecule has 148 valence electrons. The number of fused-ring (bicyclic) bond motifs is 1. The van der Waals surface area contributed by atoms with E-state index >= 15 is 0 Å². The third kappa shape index (κ3) is 4.12. The van der Waals surface area contributed by atoms with Crippen LogP contribution in [0.25, 0.3) is 10.2 Å². The van der Waals surface area contributed by atoms with Crippen LogP contribution in [-0.4, -0.2) is 38.1 Å². The fourth-order valence-corrected chi connectivity index (χ4v) is 4.89. The highest BCUT2D eigenvalue weighted by Gasteiger charge is 2.23. The Kier molecular flexibility index (Phi) is 6.20. The molecule has 0 aliphatic rings. The minimum Gasteiger partial charge on any atom is -0.338 e. The number of hydrogen-bond acceptors (Lipinski definition) is 6. The number of thiophene rings is 1. The molecule has 0 fully saturated rings. The van der Waals surface area contributed by atoms with Crippen LogP contribution in [0.1, 0.15) is 41.7 Å². The molecule has 0 spiro atoms. The molecule has 0 radical (unpaired) electrons. The molecular formula is C20H24N4O2S2. The van der Waals surface area contributed by atoms with Crippen molar-refractivity contribution in [3.63, 3.8) is 0 Å². The molecule has 0 aromatic carbocycles. The second kappa shape index (κ2) is 8.45. The van der Waals surface area contributed by atoms with Gasteiger partial charge in [0.25, 0.3) is 5.56 Å². The van der Waals surface area contributed by atoms with Gasteiger partial charge in [0.05, 0.1) is 22.4 Å². The zero-order valence-corrected chi connectivity index (χ0v) is 18.3. The van der Waals surface area contributed by atoms with Crippen LogP contribution in [0.2, 0.25) is 0 Å². The van der Waals surface area contributed by atoms with E-state index in [-0.39, 0.29) is 22.8 Å². The molecule has 0 bridgehead atoms. The molecular weight excluding hydrogens is 392 g/mol. The molecule has 1 amide bonds. The minimum absolute atomic E-state index is 0.0371. The van der Waals surface area contributed by atoms with Crippen molar-refractivity contribution < 1.29 is 4.79 Å². The number of nitrogens with one attached hydrogen (secondary N) is 1. The highest BCUT2D eigenvalue weighted by atomic mass is 32.2. The van der Waals surface area contributed by atoms with Gasteiger partial charge < -0.3 is 9.88 Å². The number of thioether (sulfide) groups is 1. The maximum atomic E-state index is 12.8. The predicted molar refractivity (Wildman–Crippen MR) is 116 cm³/mol. The normalized spacial score (nSPS) is 13.5. The zero-order valence-electron chi connectivity index (χ0n) is 16.6. The lowest BCUT2D eigenvalue weighted by Crippen LogP contribution is -2.35. The van der Waals surface area contributed by atoms with Crippen LogP contribution in [-0.2, 0) is 10.5 Å². The van der Waals surface area contributed by atoms with Crippen LogP contribution in [0.15, 0.2) is 29.3 Å². The number of H-pyrrole nitrogens is 1. The van der Waals surface area contributed by atoms with E-state index in [4.69, 9.17) is 0 Å². The third-order valence-electron chi connectivity index (χ3n) is 5.02. The standard InChI is InChI=1S/C20H24N4O2S2/c1-11-13(3)28-19-17(11)18(25)22-16(23-19)10-27-14(4)20(26)24(5)12(2)15-6-8-21-9-7-15/h6-9,12,14H,10H2,1-5H3,(H,22,23,25). The first-order valence-electron chi connectivity index (χ1n) is 9.06. The number of carbonyl (C=O) groups is 1. The largest absolute Gasteiger partial charge is 0.338 e. The average Bonchev–Trinajstić information content (AvgIpc) is 2.99. The highest BCUT2D eigenvalue weighted by Crippen LogP contribution is 2.27. The zero-order chi connectivity index (χ0) is 20.4. The summed E-state index contributed by atoms with van der Waals surface area (Å²) in [6.07, 6.45) is 3.46. The Labute approximate surface area is 172 Å². The van der Waals surface area contributed by atoms with E-state index in [1.165, 1.54) is 23.1 Å². The van der Waals surface area contributed by atoms with E-state index in [1.807, 2.05) is 46.9 Å². The van der Waals surface area contributed by atoms with Crippen LogP contribution in [0.4, 0.5) is 0 Å². The number of aromatic amines is 1. The van der Waals surface area contributed by atoms with E-state index < -0.39 is 0 Å². The number of aromatic nitrogens is 3. The van der Waals surface area contributed by atoms with Gasteiger partial charge in [-0.3, -0.25) is 14.6 Å². The first-order chi connectivity index (χ1) is 13.3. The summed E-state index contributed by atoms with van der Waals surface area (Å²) >= 11 is 3.01. The maximum absolute atomic E-state index is 12.8. The van der Waals surface area contributed by atoms with Gasteiger partial charge in [0, 0.05) is 24.3 Å². The first kappa shape index (κ1) is 20.5. The van der Waals surface area contributed by atoms with E-state index in [2.05, 4.69) is 15.0 Å². The minimum atomic E-state index is -0.248. The van der Waals surface area contributed by atoms with Crippen molar-refractivity contribution in [2.24, 2.45) is 0 Å². The number of pyridine rings is 1. The summed E-state index contributed by atoms with van der Waals surface area (Å²) in [7, 11) is 1.81. The Bertz CT molecular complexity index is 1050. The second-order valence-corrected chi connectivity index (χ2v) is 9.37. The lowest BCUT2D eigenvalue weighted by molar-refractivity contribution is -0.130. The summed E-state index contributed by atoms with van der Waals surface area (Å²) in [6.45, 7) is 7.83. The van der Waals surface area contributed by atoms with Crippen molar-refractivity contribution in [2.45, 2.75) is 44.7 Å². The number of carbonyl (C=O) groups excluding carboxylic acids is 1. The van der Waals surface area contributed by atoms with Gasteiger partial charge in [0.15, 0.2) is 0 Å².